The molecule has 0 saturated heterocycles. The molecule has 1 aromatic heterocycles. The lowest BCUT2D eigenvalue weighted by molar-refractivity contribution is -0.0173. The van der Waals surface area contributed by atoms with Gasteiger partial charge in [0.15, 0.2) is 23.9 Å². The average molecular weight is 357 g/mol. The second kappa shape index (κ2) is 6.68. The van der Waals surface area contributed by atoms with Gasteiger partial charge in [-0.2, -0.15) is 0 Å². The first-order valence-corrected chi connectivity index (χ1v) is 8.02. The molecule has 0 radical (unpaired) electrons. The van der Waals surface area contributed by atoms with Crippen molar-refractivity contribution in [3.05, 3.63) is 59.1 Å². The lowest BCUT2D eigenvalue weighted by Crippen LogP contribution is -2.24. The lowest BCUT2D eigenvalue weighted by Gasteiger charge is -2.20. The summed E-state index contributed by atoms with van der Waals surface area (Å²) in [6.45, 7) is 0.480. The first kappa shape index (κ1) is 16.4. The van der Waals surface area contributed by atoms with Crippen LogP contribution in [0.15, 0.2) is 40.8 Å². The van der Waals surface area contributed by atoms with Gasteiger partial charge in [0.25, 0.3) is 5.91 Å². The largest absolute Gasteiger partial charge is 0.493 e. The maximum Gasteiger partial charge on any atom is 0.287 e. The van der Waals surface area contributed by atoms with Crippen molar-refractivity contribution in [3.8, 4) is 11.5 Å². The van der Waals surface area contributed by atoms with Crippen LogP contribution in [0, 0.1) is 5.82 Å². The number of hydrogen-bond acceptors (Lipinski definition) is 5. The SMILES string of the molecule is COc1cccc2cc(C(=O)NCc3cc(F)cc4c3OCOC4)oc12. The molecule has 0 fully saturated rings. The van der Waals surface area contributed by atoms with Gasteiger partial charge in [0.05, 0.1) is 13.7 Å². The molecule has 3 aromatic rings. The smallest absolute Gasteiger partial charge is 0.287 e. The minimum absolute atomic E-state index is 0.100. The summed E-state index contributed by atoms with van der Waals surface area (Å²) in [6, 6.07) is 9.74. The number of carbonyl (C=O) groups is 1. The molecule has 0 spiro atoms. The van der Waals surface area contributed by atoms with Gasteiger partial charge in [-0.3, -0.25) is 4.79 Å². The quantitative estimate of drug-likeness (QED) is 0.775. The van der Waals surface area contributed by atoms with Crippen molar-refractivity contribution in [1.82, 2.24) is 5.32 Å². The Bertz CT molecular complexity index is 981. The van der Waals surface area contributed by atoms with Crippen LogP contribution in [0.25, 0.3) is 11.0 Å². The molecule has 1 aliphatic rings. The highest BCUT2D eigenvalue weighted by molar-refractivity contribution is 5.97. The molecule has 2 heterocycles. The van der Waals surface area contributed by atoms with Crippen LogP contribution < -0.4 is 14.8 Å². The molecule has 1 N–H and O–H groups in total. The van der Waals surface area contributed by atoms with Gasteiger partial charge < -0.3 is 23.9 Å². The monoisotopic (exact) mass is 357 g/mol. The molecule has 134 valence electrons. The van der Waals surface area contributed by atoms with E-state index in [-0.39, 0.29) is 25.7 Å². The Balaban J connectivity index is 1.55. The predicted molar refractivity (Wildman–Crippen MR) is 90.6 cm³/mol. The summed E-state index contributed by atoms with van der Waals surface area (Å²) in [7, 11) is 1.54. The number of benzene rings is 2. The minimum atomic E-state index is -0.409. The molecule has 1 amide bonds. The summed E-state index contributed by atoms with van der Waals surface area (Å²) < 4.78 is 35.2. The van der Waals surface area contributed by atoms with Crippen LogP contribution in [0.4, 0.5) is 4.39 Å². The first-order chi connectivity index (χ1) is 12.7. The van der Waals surface area contributed by atoms with Gasteiger partial charge in [0.1, 0.15) is 11.6 Å². The summed E-state index contributed by atoms with van der Waals surface area (Å²) >= 11 is 0. The molecule has 0 bridgehead atoms. The van der Waals surface area contributed by atoms with Crippen molar-refractivity contribution >= 4 is 16.9 Å². The number of ether oxygens (including phenoxy) is 3. The van der Waals surface area contributed by atoms with Crippen molar-refractivity contribution in [1.29, 1.82) is 0 Å². The number of para-hydroxylation sites is 1. The van der Waals surface area contributed by atoms with Gasteiger partial charge in [-0.25, -0.2) is 4.39 Å². The Morgan fingerprint density at radius 3 is 3.04 bits per heavy atom. The molecule has 0 atom stereocenters. The summed E-state index contributed by atoms with van der Waals surface area (Å²) in [5.41, 5.74) is 1.67. The Morgan fingerprint density at radius 2 is 2.19 bits per heavy atom. The molecule has 0 saturated carbocycles. The third-order valence-corrected chi connectivity index (χ3v) is 4.14. The van der Waals surface area contributed by atoms with Crippen LogP contribution in [-0.4, -0.2) is 19.8 Å². The van der Waals surface area contributed by atoms with E-state index in [0.29, 0.717) is 28.2 Å². The Morgan fingerprint density at radius 1 is 1.31 bits per heavy atom. The number of fused-ring (bicyclic) bond motifs is 2. The Labute approximate surface area is 148 Å². The van der Waals surface area contributed by atoms with Crippen molar-refractivity contribution in [3.63, 3.8) is 0 Å². The highest BCUT2D eigenvalue weighted by atomic mass is 19.1. The van der Waals surface area contributed by atoms with E-state index in [2.05, 4.69) is 5.32 Å². The van der Waals surface area contributed by atoms with E-state index in [1.165, 1.54) is 19.2 Å². The third-order valence-electron chi connectivity index (χ3n) is 4.14. The van der Waals surface area contributed by atoms with Crippen LogP contribution in [0.2, 0.25) is 0 Å². The van der Waals surface area contributed by atoms with Crippen LogP contribution in [0.1, 0.15) is 21.7 Å². The molecular weight excluding hydrogens is 341 g/mol. The normalized spacial score (nSPS) is 13.2. The van der Waals surface area contributed by atoms with E-state index in [0.717, 1.165) is 5.39 Å². The molecule has 1 aliphatic heterocycles. The fraction of sp³-hybridized carbons (Fsp3) is 0.211. The van der Waals surface area contributed by atoms with Crippen LogP contribution in [0.3, 0.4) is 0 Å². The molecular formula is C19H16FNO5. The second-order valence-electron chi connectivity index (χ2n) is 5.84. The highest BCUT2D eigenvalue weighted by Crippen LogP contribution is 2.30. The molecule has 0 unspecified atom stereocenters. The zero-order valence-electron chi connectivity index (χ0n) is 14.0. The number of carbonyl (C=O) groups excluding carboxylic acids is 1. The van der Waals surface area contributed by atoms with Gasteiger partial charge in [0.2, 0.25) is 0 Å². The molecule has 6 nitrogen and oxygen atoms in total. The topological polar surface area (TPSA) is 69.9 Å². The molecule has 7 heteroatoms. The zero-order valence-corrected chi connectivity index (χ0v) is 14.0. The fourth-order valence-electron chi connectivity index (χ4n) is 2.96. The van der Waals surface area contributed by atoms with Gasteiger partial charge in [0, 0.05) is 23.1 Å². The average Bonchev–Trinajstić information content (AvgIpc) is 3.10. The van der Waals surface area contributed by atoms with E-state index in [1.807, 2.05) is 12.1 Å². The molecule has 2 aromatic carbocycles. The summed E-state index contributed by atoms with van der Waals surface area (Å²) in [5.74, 6) is 0.432. The van der Waals surface area contributed by atoms with E-state index in [4.69, 9.17) is 18.6 Å². The number of halogens is 1. The summed E-state index contributed by atoms with van der Waals surface area (Å²) in [4.78, 5) is 12.4. The summed E-state index contributed by atoms with van der Waals surface area (Å²) in [6.07, 6.45) is 0. The predicted octanol–water partition coefficient (Wildman–Crippen LogP) is 3.38. The molecule has 0 aliphatic carbocycles. The minimum Gasteiger partial charge on any atom is -0.493 e. The second-order valence-corrected chi connectivity index (χ2v) is 5.84. The summed E-state index contributed by atoms with van der Waals surface area (Å²) in [5, 5.41) is 3.49. The standard InChI is InChI=1S/C19H16FNO5/c1-23-15-4-2-3-11-7-16(26-18(11)15)19(22)21-8-12-5-14(20)6-13-9-24-10-25-17(12)13/h2-7H,8-10H2,1H3,(H,21,22). The van der Waals surface area contributed by atoms with Gasteiger partial charge in [-0.05, 0) is 24.3 Å². The van der Waals surface area contributed by atoms with E-state index in [1.54, 1.807) is 12.1 Å². The van der Waals surface area contributed by atoms with Crippen molar-refractivity contribution in [2.24, 2.45) is 0 Å². The van der Waals surface area contributed by atoms with Gasteiger partial charge in [-0.1, -0.05) is 12.1 Å². The van der Waals surface area contributed by atoms with Gasteiger partial charge >= 0.3 is 0 Å². The highest BCUT2D eigenvalue weighted by Gasteiger charge is 2.19. The van der Waals surface area contributed by atoms with Crippen molar-refractivity contribution in [2.45, 2.75) is 13.2 Å². The lowest BCUT2D eigenvalue weighted by atomic mass is 10.1. The maximum absolute atomic E-state index is 13.8. The molecule has 26 heavy (non-hydrogen) atoms. The number of rotatable bonds is 4. The number of hydrogen-bond donors (Lipinski definition) is 1. The Hall–Kier alpha value is -3.06. The van der Waals surface area contributed by atoms with Crippen LogP contribution in [0.5, 0.6) is 11.5 Å². The van der Waals surface area contributed by atoms with E-state index < -0.39 is 11.7 Å². The number of furan rings is 1. The van der Waals surface area contributed by atoms with E-state index in [9.17, 15) is 9.18 Å². The zero-order chi connectivity index (χ0) is 18.1. The fourth-order valence-corrected chi connectivity index (χ4v) is 2.96. The first-order valence-electron chi connectivity index (χ1n) is 8.02. The van der Waals surface area contributed by atoms with Crippen molar-refractivity contribution in [2.75, 3.05) is 13.9 Å². The van der Waals surface area contributed by atoms with Gasteiger partial charge in [-0.15, -0.1) is 0 Å². The third kappa shape index (κ3) is 2.97. The maximum atomic E-state index is 13.8. The Kier molecular flexibility index (Phi) is 4.22. The number of amides is 1. The number of nitrogens with one attached hydrogen (secondary N) is 1. The number of methoxy groups -OCH3 is 1. The van der Waals surface area contributed by atoms with Crippen LogP contribution >= 0.6 is 0 Å². The van der Waals surface area contributed by atoms with Crippen molar-refractivity contribution < 1.29 is 27.8 Å². The van der Waals surface area contributed by atoms with E-state index >= 15 is 0 Å². The van der Waals surface area contributed by atoms with Crippen LogP contribution in [-0.2, 0) is 17.9 Å². The molecule has 4 rings (SSSR count).